The van der Waals surface area contributed by atoms with Gasteiger partial charge in [0.05, 0.1) is 0 Å². The molecule has 0 amide bonds. The number of nitrogens with zero attached hydrogens (tertiary/aromatic N) is 6. The fourth-order valence-corrected chi connectivity index (χ4v) is 3.44. The van der Waals surface area contributed by atoms with Gasteiger partial charge in [0.15, 0.2) is 17.0 Å². The molecule has 0 aliphatic carbocycles. The topological polar surface area (TPSA) is 71.8 Å². The molecule has 3 heterocycles. The van der Waals surface area contributed by atoms with E-state index < -0.39 is 0 Å². The van der Waals surface area contributed by atoms with E-state index in [1.54, 1.807) is 10.7 Å². The highest BCUT2D eigenvalue weighted by Crippen LogP contribution is 2.26. The van der Waals surface area contributed by atoms with E-state index in [-0.39, 0.29) is 11.9 Å². The summed E-state index contributed by atoms with van der Waals surface area (Å²) in [5.41, 5.74) is 3.43. The molecule has 8 heteroatoms. The summed E-state index contributed by atoms with van der Waals surface area (Å²) in [6, 6.07) is 5.20. The third-order valence-corrected chi connectivity index (χ3v) is 4.65. The number of anilines is 2. The molecule has 25 heavy (non-hydrogen) atoms. The van der Waals surface area contributed by atoms with E-state index >= 15 is 0 Å². The highest BCUT2D eigenvalue weighted by Gasteiger charge is 2.23. The quantitative estimate of drug-likeness (QED) is 0.788. The van der Waals surface area contributed by atoms with Crippen molar-refractivity contribution >= 4 is 22.7 Å². The summed E-state index contributed by atoms with van der Waals surface area (Å²) in [5.74, 6) is 0.514. The van der Waals surface area contributed by atoms with E-state index in [2.05, 4.69) is 30.5 Å². The van der Waals surface area contributed by atoms with Gasteiger partial charge in [0.2, 0.25) is 0 Å². The predicted molar refractivity (Wildman–Crippen MR) is 94.1 cm³/mol. The maximum Gasteiger partial charge on any atom is 0.183 e. The molecular formula is C17H20FN7. The SMILES string of the molecule is Cc1cc(F)ccc1N1CCCC(Nc2ncnc3c2nnn3C)C1. The third-order valence-electron chi connectivity index (χ3n) is 4.65. The lowest BCUT2D eigenvalue weighted by Gasteiger charge is -2.35. The van der Waals surface area contributed by atoms with Crippen LogP contribution in [0.1, 0.15) is 18.4 Å². The van der Waals surface area contributed by atoms with Gasteiger partial charge >= 0.3 is 0 Å². The number of hydrogen-bond donors (Lipinski definition) is 1. The Labute approximate surface area is 144 Å². The molecule has 2 aromatic heterocycles. The Morgan fingerprint density at radius 1 is 1.28 bits per heavy atom. The zero-order valence-corrected chi connectivity index (χ0v) is 14.3. The Morgan fingerprint density at radius 2 is 2.16 bits per heavy atom. The zero-order valence-electron chi connectivity index (χ0n) is 14.3. The summed E-state index contributed by atoms with van der Waals surface area (Å²) in [7, 11) is 1.81. The summed E-state index contributed by atoms with van der Waals surface area (Å²) >= 11 is 0. The maximum atomic E-state index is 13.4. The maximum absolute atomic E-state index is 13.4. The first-order chi connectivity index (χ1) is 12.1. The lowest BCUT2D eigenvalue weighted by atomic mass is 10.0. The molecule has 1 fully saturated rings. The van der Waals surface area contributed by atoms with Crippen LogP contribution in [-0.2, 0) is 7.05 Å². The molecule has 1 aliphatic rings. The average molecular weight is 341 g/mol. The van der Waals surface area contributed by atoms with Crippen LogP contribution in [0.4, 0.5) is 15.9 Å². The molecule has 1 atom stereocenters. The van der Waals surface area contributed by atoms with Crippen molar-refractivity contribution in [3.05, 3.63) is 35.9 Å². The number of hydrogen-bond acceptors (Lipinski definition) is 6. The minimum Gasteiger partial charge on any atom is -0.369 e. The van der Waals surface area contributed by atoms with Gasteiger partial charge in [-0.2, -0.15) is 0 Å². The summed E-state index contributed by atoms with van der Waals surface area (Å²) in [6.07, 6.45) is 3.63. The predicted octanol–water partition coefficient (Wildman–Crippen LogP) is 2.29. The fraction of sp³-hybridized carbons (Fsp3) is 0.412. The summed E-state index contributed by atoms with van der Waals surface area (Å²) in [5, 5.41) is 11.7. The van der Waals surface area contributed by atoms with Crippen molar-refractivity contribution in [2.75, 3.05) is 23.3 Å². The second kappa shape index (κ2) is 6.27. The van der Waals surface area contributed by atoms with Crippen molar-refractivity contribution in [3.63, 3.8) is 0 Å². The van der Waals surface area contributed by atoms with Gasteiger partial charge in [-0.15, -0.1) is 5.10 Å². The Kier molecular flexibility index (Phi) is 3.95. The van der Waals surface area contributed by atoms with Gasteiger partial charge in [-0.1, -0.05) is 5.21 Å². The minimum absolute atomic E-state index is 0.195. The Bertz CT molecular complexity index is 907. The van der Waals surface area contributed by atoms with Gasteiger partial charge in [-0.25, -0.2) is 19.0 Å². The molecule has 130 valence electrons. The monoisotopic (exact) mass is 341 g/mol. The smallest absolute Gasteiger partial charge is 0.183 e. The van der Waals surface area contributed by atoms with Crippen molar-refractivity contribution in [2.45, 2.75) is 25.8 Å². The van der Waals surface area contributed by atoms with E-state index in [9.17, 15) is 4.39 Å². The van der Waals surface area contributed by atoms with Crippen LogP contribution in [0.25, 0.3) is 11.2 Å². The number of rotatable bonds is 3. The molecule has 1 aromatic carbocycles. The third kappa shape index (κ3) is 2.99. The van der Waals surface area contributed by atoms with Crippen molar-refractivity contribution < 1.29 is 4.39 Å². The van der Waals surface area contributed by atoms with Crippen LogP contribution in [0.15, 0.2) is 24.5 Å². The minimum atomic E-state index is -0.195. The Balaban J connectivity index is 1.55. The molecule has 0 saturated carbocycles. The van der Waals surface area contributed by atoms with Crippen LogP contribution in [0.5, 0.6) is 0 Å². The first kappa shape index (κ1) is 15.7. The van der Waals surface area contributed by atoms with Crippen LogP contribution >= 0.6 is 0 Å². The number of fused-ring (bicyclic) bond motifs is 1. The van der Waals surface area contributed by atoms with E-state index in [1.165, 1.54) is 12.4 Å². The van der Waals surface area contributed by atoms with Crippen LogP contribution in [0, 0.1) is 12.7 Å². The van der Waals surface area contributed by atoms with Gasteiger partial charge in [0.1, 0.15) is 12.1 Å². The molecule has 1 unspecified atom stereocenters. The molecular weight excluding hydrogens is 321 g/mol. The highest BCUT2D eigenvalue weighted by atomic mass is 19.1. The number of aryl methyl sites for hydroxylation is 2. The Hall–Kier alpha value is -2.77. The first-order valence-corrected chi connectivity index (χ1v) is 8.40. The van der Waals surface area contributed by atoms with Crippen molar-refractivity contribution in [1.29, 1.82) is 0 Å². The van der Waals surface area contributed by atoms with E-state index in [4.69, 9.17) is 0 Å². The molecule has 0 spiro atoms. The fourth-order valence-electron chi connectivity index (χ4n) is 3.44. The number of nitrogens with one attached hydrogen (secondary N) is 1. The zero-order chi connectivity index (χ0) is 17.4. The largest absolute Gasteiger partial charge is 0.369 e. The molecule has 0 bridgehead atoms. The molecule has 1 N–H and O–H groups in total. The number of benzene rings is 1. The van der Waals surface area contributed by atoms with Gasteiger partial charge in [0, 0.05) is 31.9 Å². The molecule has 7 nitrogen and oxygen atoms in total. The Morgan fingerprint density at radius 3 is 3.00 bits per heavy atom. The number of piperidine rings is 1. The lowest BCUT2D eigenvalue weighted by Crippen LogP contribution is -2.42. The van der Waals surface area contributed by atoms with Gasteiger partial charge in [-0.05, 0) is 43.5 Å². The highest BCUT2D eigenvalue weighted by molar-refractivity contribution is 5.81. The van der Waals surface area contributed by atoms with Crippen LogP contribution in [0.2, 0.25) is 0 Å². The normalized spacial score (nSPS) is 17.9. The summed E-state index contributed by atoms with van der Waals surface area (Å²) in [6.45, 7) is 3.75. The average Bonchev–Trinajstić information content (AvgIpc) is 2.98. The molecule has 1 saturated heterocycles. The van der Waals surface area contributed by atoms with E-state index in [1.807, 2.05) is 20.0 Å². The van der Waals surface area contributed by atoms with Crippen LogP contribution < -0.4 is 10.2 Å². The van der Waals surface area contributed by atoms with Crippen LogP contribution in [-0.4, -0.2) is 44.1 Å². The standard InChI is InChI=1S/C17H20FN7/c1-11-8-12(18)5-6-14(11)25-7-3-4-13(9-25)21-16-15-17(20-10-19-16)24(2)23-22-15/h5-6,8,10,13H,3-4,7,9H2,1-2H3,(H,19,20,21). The molecule has 0 radical (unpaired) electrons. The first-order valence-electron chi connectivity index (χ1n) is 8.40. The van der Waals surface area contributed by atoms with Crippen LogP contribution in [0.3, 0.4) is 0 Å². The van der Waals surface area contributed by atoms with Crippen molar-refractivity contribution in [1.82, 2.24) is 25.0 Å². The molecule has 3 aromatic rings. The van der Waals surface area contributed by atoms with E-state index in [0.29, 0.717) is 17.0 Å². The molecule has 1 aliphatic heterocycles. The summed E-state index contributed by atoms with van der Waals surface area (Å²) in [4.78, 5) is 10.8. The van der Waals surface area contributed by atoms with Crippen molar-refractivity contribution in [3.8, 4) is 0 Å². The van der Waals surface area contributed by atoms with Crippen molar-refractivity contribution in [2.24, 2.45) is 7.05 Å². The van der Waals surface area contributed by atoms with Gasteiger partial charge < -0.3 is 10.2 Å². The summed E-state index contributed by atoms with van der Waals surface area (Å²) < 4.78 is 15.0. The lowest BCUT2D eigenvalue weighted by molar-refractivity contribution is 0.528. The van der Waals surface area contributed by atoms with Gasteiger partial charge in [0.25, 0.3) is 0 Å². The second-order valence-corrected chi connectivity index (χ2v) is 6.47. The second-order valence-electron chi connectivity index (χ2n) is 6.47. The van der Waals surface area contributed by atoms with Gasteiger partial charge in [-0.3, -0.25) is 0 Å². The number of aromatic nitrogens is 5. The number of halogens is 1. The molecule has 4 rings (SSSR count). The van der Waals surface area contributed by atoms with E-state index in [0.717, 1.165) is 37.2 Å².